The molecule has 3 rings (SSSR count). The highest BCUT2D eigenvalue weighted by atomic mass is 16.5. The van der Waals surface area contributed by atoms with Crippen LogP contribution in [0.15, 0.2) is 36.5 Å². The second-order valence-electron chi connectivity index (χ2n) is 6.88. The van der Waals surface area contributed by atoms with Crippen molar-refractivity contribution in [2.45, 2.75) is 25.8 Å². The molecule has 0 bridgehead atoms. The first-order valence-electron chi connectivity index (χ1n) is 9.29. The number of carbonyl (C=O) groups excluding carboxylic acids is 1. The molecule has 0 saturated carbocycles. The molecule has 0 radical (unpaired) electrons. The number of likely N-dealkylation sites (tertiary alicyclic amines) is 1. The van der Waals surface area contributed by atoms with E-state index in [9.17, 15) is 4.79 Å². The highest BCUT2D eigenvalue weighted by molar-refractivity contribution is 5.94. The van der Waals surface area contributed by atoms with Crippen molar-refractivity contribution in [2.75, 3.05) is 26.7 Å². The summed E-state index contributed by atoms with van der Waals surface area (Å²) in [6.45, 7) is 4.24. The average Bonchev–Trinajstić information content (AvgIpc) is 3.06. The molecule has 2 aromatic rings. The fraction of sp³-hybridized carbons (Fsp3) is 0.500. The van der Waals surface area contributed by atoms with E-state index < -0.39 is 0 Å². The Hall–Kier alpha value is -2.34. The molecule has 1 saturated heterocycles. The van der Waals surface area contributed by atoms with E-state index >= 15 is 0 Å². The summed E-state index contributed by atoms with van der Waals surface area (Å²) in [6.07, 6.45) is 4.08. The molecular formula is C20H28N4O2. The maximum atomic E-state index is 12.6. The van der Waals surface area contributed by atoms with Crippen molar-refractivity contribution >= 4 is 5.91 Å². The minimum Gasteiger partial charge on any atom is -0.494 e. The Kier molecular flexibility index (Phi) is 5.93. The zero-order chi connectivity index (χ0) is 18.5. The van der Waals surface area contributed by atoms with Gasteiger partial charge < -0.3 is 10.1 Å². The monoisotopic (exact) mass is 356 g/mol. The standard InChI is InChI=1S/C20H28N4O2/c1-4-26-17-9-5-7-15(13-17)20(25)21-14-16-8-6-12-23(2)19(16)18-10-11-22-24(18)3/h5,7,9-11,13,16,19H,4,6,8,12,14H2,1-3H3,(H,21,25)/t16-,19+/m0/s1. The first-order chi connectivity index (χ1) is 12.6. The molecule has 1 aromatic heterocycles. The number of benzene rings is 1. The van der Waals surface area contributed by atoms with Gasteiger partial charge in [0.05, 0.1) is 18.3 Å². The van der Waals surface area contributed by atoms with E-state index in [0.29, 0.717) is 24.6 Å². The average molecular weight is 356 g/mol. The molecule has 26 heavy (non-hydrogen) atoms. The molecule has 6 nitrogen and oxygen atoms in total. The van der Waals surface area contributed by atoms with Crippen molar-refractivity contribution < 1.29 is 9.53 Å². The number of nitrogens with one attached hydrogen (secondary N) is 1. The number of ether oxygens (including phenoxy) is 1. The van der Waals surface area contributed by atoms with Gasteiger partial charge in [0, 0.05) is 25.4 Å². The van der Waals surface area contributed by atoms with E-state index in [1.54, 1.807) is 6.07 Å². The van der Waals surface area contributed by atoms with Crippen LogP contribution in [0.1, 0.15) is 41.9 Å². The molecule has 6 heteroatoms. The van der Waals surface area contributed by atoms with E-state index in [1.807, 2.05) is 43.0 Å². The third kappa shape index (κ3) is 4.07. The fourth-order valence-electron chi connectivity index (χ4n) is 3.83. The lowest BCUT2D eigenvalue weighted by molar-refractivity contribution is 0.0880. The summed E-state index contributed by atoms with van der Waals surface area (Å²) < 4.78 is 7.43. The molecule has 0 unspecified atom stereocenters. The van der Waals surface area contributed by atoms with Crippen molar-refractivity contribution in [3.63, 3.8) is 0 Å². The van der Waals surface area contributed by atoms with Crippen molar-refractivity contribution in [3.05, 3.63) is 47.8 Å². The van der Waals surface area contributed by atoms with Gasteiger partial charge in [-0.15, -0.1) is 0 Å². The Bertz CT molecular complexity index is 743. The number of amides is 1. The SMILES string of the molecule is CCOc1cccc(C(=O)NC[C@@H]2CCCN(C)[C@H]2c2ccnn2C)c1. The van der Waals surface area contributed by atoms with Crippen LogP contribution in [0.4, 0.5) is 0 Å². The van der Waals surface area contributed by atoms with Gasteiger partial charge in [-0.2, -0.15) is 5.10 Å². The van der Waals surface area contributed by atoms with Crippen molar-refractivity contribution in [1.29, 1.82) is 0 Å². The minimum absolute atomic E-state index is 0.0523. The maximum absolute atomic E-state index is 12.6. The van der Waals surface area contributed by atoms with Gasteiger partial charge in [0.1, 0.15) is 5.75 Å². The fourth-order valence-corrected chi connectivity index (χ4v) is 3.83. The molecule has 0 spiro atoms. The van der Waals surface area contributed by atoms with Gasteiger partial charge in [-0.25, -0.2) is 0 Å². The van der Waals surface area contributed by atoms with Crippen molar-refractivity contribution in [3.8, 4) is 5.75 Å². The summed E-state index contributed by atoms with van der Waals surface area (Å²) in [7, 11) is 4.13. The number of hydrogen-bond acceptors (Lipinski definition) is 4. The lowest BCUT2D eigenvalue weighted by atomic mass is 9.87. The largest absolute Gasteiger partial charge is 0.494 e. The molecule has 1 N–H and O–H groups in total. The van der Waals surface area contributed by atoms with Crippen LogP contribution in [0.25, 0.3) is 0 Å². The molecular weight excluding hydrogens is 328 g/mol. The summed E-state index contributed by atoms with van der Waals surface area (Å²) in [6, 6.07) is 9.69. The summed E-state index contributed by atoms with van der Waals surface area (Å²) in [5.74, 6) is 1.04. The lowest BCUT2D eigenvalue weighted by Gasteiger charge is -2.39. The summed E-state index contributed by atoms with van der Waals surface area (Å²) in [5.41, 5.74) is 1.84. The third-order valence-electron chi connectivity index (χ3n) is 5.10. The molecule has 2 atom stereocenters. The van der Waals surface area contributed by atoms with Crippen molar-refractivity contribution in [2.24, 2.45) is 13.0 Å². The summed E-state index contributed by atoms with van der Waals surface area (Å²) in [5, 5.41) is 7.44. The molecule has 1 amide bonds. The minimum atomic E-state index is -0.0523. The number of rotatable bonds is 6. The van der Waals surface area contributed by atoms with E-state index in [2.05, 4.69) is 28.4 Å². The normalized spacial score (nSPS) is 20.7. The second-order valence-corrected chi connectivity index (χ2v) is 6.88. The molecule has 1 fully saturated rings. The topological polar surface area (TPSA) is 59.4 Å². The van der Waals surface area contributed by atoms with Crippen LogP contribution in [0.3, 0.4) is 0 Å². The number of hydrogen-bond donors (Lipinski definition) is 1. The number of aromatic nitrogens is 2. The Morgan fingerprint density at radius 1 is 1.35 bits per heavy atom. The highest BCUT2D eigenvalue weighted by Crippen LogP contribution is 2.34. The maximum Gasteiger partial charge on any atom is 0.251 e. The number of carbonyl (C=O) groups is 1. The first-order valence-corrected chi connectivity index (χ1v) is 9.29. The van der Waals surface area contributed by atoms with Gasteiger partial charge in [0.2, 0.25) is 0 Å². The first kappa shape index (κ1) is 18.5. The molecule has 1 aliphatic rings. The van der Waals surface area contributed by atoms with Gasteiger partial charge >= 0.3 is 0 Å². The van der Waals surface area contributed by atoms with Crippen LogP contribution < -0.4 is 10.1 Å². The van der Waals surface area contributed by atoms with Gasteiger partial charge in [0.25, 0.3) is 5.91 Å². The van der Waals surface area contributed by atoms with Crippen LogP contribution in [-0.2, 0) is 7.05 Å². The number of aryl methyl sites for hydroxylation is 1. The molecule has 2 heterocycles. The molecule has 140 valence electrons. The van der Waals surface area contributed by atoms with Crippen LogP contribution in [-0.4, -0.2) is 47.3 Å². The number of piperidine rings is 1. The quantitative estimate of drug-likeness (QED) is 0.864. The van der Waals surface area contributed by atoms with Crippen LogP contribution in [0.5, 0.6) is 5.75 Å². The van der Waals surface area contributed by atoms with Gasteiger partial charge in [0.15, 0.2) is 0 Å². The predicted molar refractivity (Wildman–Crippen MR) is 101 cm³/mol. The Morgan fingerprint density at radius 3 is 2.92 bits per heavy atom. The van der Waals surface area contributed by atoms with Crippen LogP contribution in [0, 0.1) is 5.92 Å². The zero-order valence-corrected chi connectivity index (χ0v) is 15.8. The van der Waals surface area contributed by atoms with Gasteiger partial charge in [-0.1, -0.05) is 6.07 Å². The smallest absolute Gasteiger partial charge is 0.251 e. The third-order valence-corrected chi connectivity index (χ3v) is 5.10. The Balaban J connectivity index is 1.68. The molecule has 0 aliphatic carbocycles. The molecule has 1 aromatic carbocycles. The summed E-state index contributed by atoms with van der Waals surface area (Å²) in [4.78, 5) is 15.0. The predicted octanol–water partition coefficient (Wildman–Crippen LogP) is 2.63. The summed E-state index contributed by atoms with van der Waals surface area (Å²) >= 11 is 0. The lowest BCUT2D eigenvalue weighted by Crippen LogP contribution is -2.42. The highest BCUT2D eigenvalue weighted by Gasteiger charge is 2.32. The van der Waals surface area contributed by atoms with E-state index in [4.69, 9.17) is 4.74 Å². The van der Waals surface area contributed by atoms with Crippen molar-refractivity contribution in [1.82, 2.24) is 20.0 Å². The van der Waals surface area contributed by atoms with E-state index in [0.717, 1.165) is 25.1 Å². The van der Waals surface area contributed by atoms with Gasteiger partial charge in [-0.3, -0.25) is 14.4 Å². The van der Waals surface area contributed by atoms with Crippen LogP contribution >= 0.6 is 0 Å². The second kappa shape index (κ2) is 8.36. The van der Waals surface area contributed by atoms with Crippen LogP contribution in [0.2, 0.25) is 0 Å². The van der Waals surface area contributed by atoms with E-state index in [1.165, 1.54) is 5.69 Å². The number of nitrogens with zero attached hydrogens (tertiary/aromatic N) is 3. The molecule has 1 aliphatic heterocycles. The van der Waals surface area contributed by atoms with E-state index in [-0.39, 0.29) is 11.9 Å². The Labute approximate surface area is 155 Å². The van der Waals surface area contributed by atoms with Gasteiger partial charge in [-0.05, 0) is 63.5 Å². The Morgan fingerprint density at radius 2 is 2.19 bits per heavy atom. The zero-order valence-electron chi connectivity index (χ0n) is 15.8.